The molecule has 0 atom stereocenters. The van der Waals surface area contributed by atoms with E-state index in [2.05, 4.69) is 4.74 Å². The molecule has 0 N–H and O–H groups in total. The average molecular weight is 360 g/mol. The highest BCUT2D eigenvalue weighted by atomic mass is 32.2. The molecule has 0 aliphatic carbocycles. The summed E-state index contributed by atoms with van der Waals surface area (Å²) in [4.78, 5) is 10.8. The van der Waals surface area contributed by atoms with Crippen LogP contribution in [0.15, 0.2) is 53.4 Å². The van der Waals surface area contributed by atoms with Crippen LogP contribution < -0.4 is 8.92 Å². The first-order valence-electron chi connectivity index (χ1n) is 6.48. The lowest BCUT2D eigenvalue weighted by atomic mass is 10.1. The number of rotatable bonds is 5. The second-order valence-electron chi connectivity index (χ2n) is 4.64. The van der Waals surface area contributed by atoms with Crippen LogP contribution in [0.1, 0.15) is 17.3 Å². The highest BCUT2D eigenvalue weighted by molar-refractivity contribution is 7.87. The van der Waals surface area contributed by atoms with Crippen molar-refractivity contribution in [3.8, 4) is 11.5 Å². The van der Waals surface area contributed by atoms with Crippen molar-refractivity contribution in [3.63, 3.8) is 0 Å². The molecule has 0 radical (unpaired) electrons. The molecule has 0 heterocycles. The quantitative estimate of drug-likeness (QED) is 0.602. The van der Waals surface area contributed by atoms with Crippen LogP contribution in [0.25, 0.3) is 0 Å². The van der Waals surface area contributed by atoms with E-state index in [0.717, 1.165) is 24.3 Å². The number of alkyl halides is 3. The maximum absolute atomic E-state index is 12.1. The summed E-state index contributed by atoms with van der Waals surface area (Å²) >= 11 is 0. The van der Waals surface area contributed by atoms with Gasteiger partial charge >= 0.3 is 16.5 Å². The molecule has 0 amide bonds. The molecule has 0 unspecified atom stereocenters. The van der Waals surface area contributed by atoms with Crippen molar-refractivity contribution in [2.75, 3.05) is 0 Å². The molecule has 2 aromatic carbocycles. The summed E-state index contributed by atoms with van der Waals surface area (Å²) < 4.78 is 68.8. The molecule has 9 heteroatoms. The van der Waals surface area contributed by atoms with E-state index >= 15 is 0 Å². The van der Waals surface area contributed by atoms with Crippen molar-refractivity contribution < 1.29 is 35.3 Å². The molecule has 0 aromatic heterocycles. The Kier molecular flexibility index (Phi) is 4.83. The van der Waals surface area contributed by atoms with Gasteiger partial charge in [-0.05, 0) is 55.5 Å². The van der Waals surface area contributed by atoms with Crippen LogP contribution in [0.4, 0.5) is 13.2 Å². The van der Waals surface area contributed by atoms with Gasteiger partial charge in [0.1, 0.15) is 16.4 Å². The summed E-state index contributed by atoms with van der Waals surface area (Å²) in [7, 11) is -4.23. The lowest BCUT2D eigenvalue weighted by Crippen LogP contribution is -2.17. The van der Waals surface area contributed by atoms with E-state index in [9.17, 15) is 26.4 Å². The molecule has 2 rings (SSSR count). The number of halogens is 3. The largest absolute Gasteiger partial charge is 0.573 e. The van der Waals surface area contributed by atoms with E-state index in [1.807, 2.05) is 0 Å². The standard InChI is InChI=1S/C15H11F3O5S/c1-10(19)11-2-4-13(5-3-11)23-24(20,21)14-8-6-12(7-9-14)22-15(16,17)18/h2-9H,1H3. The first kappa shape index (κ1) is 17.8. The summed E-state index contributed by atoms with van der Waals surface area (Å²) in [6, 6.07) is 8.98. The molecule has 0 aliphatic rings. The van der Waals surface area contributed by atoms with Crippen LogP contribution in [0.5, 0.6) is 11.5 Å². The fourth-order valence-electron chi connectivity index (χ4n) is 1.73. The van der Waals surface area contributed by atoms with E-state index in [4.69, 9.17) is 4.18 Å². The lowest BCUT2D eigenvalue weighted by Gasteiger charge is -2.10. The fraction of sp³-hybridized carbons (Fsp3) is 0.133. The van der Waals surface area contributed by atoms with Crippen molar-refractivity contribution in [2.24, 2.45) is 0 Å². The number of ether oxygens (including phenoxy) is 1. The number of benzene rings is 2. The minimum absolute atomic E-state index is 0.0318. The zero-order valence-electron chi connectivity index (χ0n) is 12.2. The Morgan fingerprint density at radius 3 is 1.88 bits per heavy atom. The van der Waals surface area contributed by atoms with E-state index in [1.54, 1.807) is 0 Å². The van der Waals surface area contributed by atoms with E-state index in [0.29, 0.717) is 5.56 Å². The Morgan fingerprint density at radius 1 is 0.917 bits per heavy atom. The van der Waals surface area contributed by atoms with E-state index in [1.165, 1.54) is 31.2 Å². The van der Waals surface area contributed by atoms with Crippen molar-refractivity contribution in [2.45, 2.75) is 18.2 Å². The highest BCUT2D eigenvalue weighted by Gasteiger charge is 2.31. The predicted molar refractivity (Wildman–Crippen MR) is 77.4 cm³/mol. The summed E-state index contributed by atoms with van der Waals surface area (Å²) in [5, 5.41) is 0. The minimum Gasteiger partial charge on any atom is -0.406 e. The molecular weight excluding hydrogens is 349 g/mol. The predicted octanol–water partition coefficient (Wildman–Crippen LogP) is 3.56. The van der Waals surface area contributed by atoms with Gasteiger partial charge in [-0.25, -0.2) is 0 Å². The third-order valence-corrected chi connectivity index (χ3v) is 4.07. The minimum atomic E-state index is -4.87. The smallest absolute Gasteiger partial charge is 0.406 e. The van der Waals surface area contributed by atoms with Gasteiger partial charge < -0.3 is 8.92 Å². The normalized spacial score (nSPS) is 11.8. The van der Waals surface area contributed by atoms with Crippen molar-refractivity contribution in [1.82, 2.24) is 0 Å². The van der Waals surface area contributed by atoms with Gasteiger partial charge in [-0.1, -0.05) is 0 Å². The van der Waals surface area contributed by atoms with Crippen LogP contribution in [-0.2, 0) is 10.1 Å². The van der Waals surface area contributed by atoms with Gasteiger partial charge in [-0.3, -0.25) is 4.79 Å². The summed E-state index contributed by atoms with van der Waals surface area (Å²) in [5.41, 5.74) is 0.383. The van der Waals surface area contributed by atoms with Gasteiger partial charge in [0.25, 0.3) is 0 Å². The number of hydrogen-bond acceptors (Lipinski definition) is 5. The topological polar surface area (TPSA) is 69.7 Å². The van der Waals surface area contributed by atoms with Gasteiger partial charge in [0.2, 0.25) is 0 Å². The molecule has 128 valence electrons. The first-order chi connectivity index (χ1) is 11.1. The number of hydrogen-bond donors (Lipinski definition) is 0. The monoisotopic (exact) mass is 360 g/mol. The third-order valence-electron chi connectivity index (χ3n) is 2.81. The Balaban J connectivity index is 2.16. The highest BCUT2D eigenvalue weighted by Crippen LogP contribution is 2.25. The van der Waals surface area contributed by atoms with Crippen LogP contribution in [0.2, 0.25) is 0 Å². The van der Waals surface area contributed by atoms with Gasteiger partial charge in [0, 0.05) is 5.56 Å². The van der Waals surface area contributed by atoms with Gasteiger partial charge in [-0.15, -0.1) is 13.2 Å². The Hall–Kier alpha value is -2.55. The summed E-state index contributed by atoms with van der Waals surface area (Å²) in [6.07, 6.45) is -4.87. The lowest BCUT2D eigenvalue weighted by molar-refractivity contribution is -0.274. The Bertz CT molecular complexity index is 825. The second kappa shape index (κ2) is 6.52. The molecule has 0 spiro atoms. The van der Waals surface area contributed by atoms with Crippen LogP contribution >= 0.6 is 0 Å². The van der Waals surface area contributed by atoms with Crippen LogP contribution in [-0.4, -0.2) is 20.6 Å². The van der Waals surface area contributed by atoms with E-state index < -0.39 is 22.2 Å². The molecular formula is C15H11F3O5S. The SMILES string of the molecule is CC(=O)c1ccc(OS(=O)(=O)c2ccc(OC(F)(F)F)cc2)cc1. The van der Waals surface area contributed by atoms with Crippen molar-refractivity contribution in [3.05, 3.63) is 54.1 Å². The third kappa shape index (κ3) is 4.72. The van der Waals surface area contributed by atoms with Crippen molar-refractivity contribution >= 4 is 15.9 Å². The molecule has 0 saturated carbocycles. The van der Waals surface area contributed by atoms with Crippen molar-refractivity contribution in [1.29, 1.82) is 0 Å². The fourth-order valence-corrected chi connectivity index (χ4v) is 2.66. The molecule has 2 aromatic rings. The molecule has 24 heavy (non-hydrogen) atoms. The molecule has 0 aliphatic heterocycles. The molecule has 0 saturated heterocycles. The zero-order valence-corrected chi connectivity index (χ0v) is 13.0. The van der Waals surface area contributed by atoms with Crippen LogP contribution in [0, 0.1) is 0 Å². The summed E-state index contributed by atoms with van der Waals surface area (Å²) in [5.74, 6) is -0.771. The average Bonchev–Trinajstić information content (AvgIpc) is 2.46. The van der Waals surface area contributed by atoms with Gasteiger partial charge in [0.15, 0.2) is 5.78 Å². The van der Waals surface area contributed by atoms with Gasteiger partial charge in [0.05, 0.1) is 0 Å². The van der Waals surface area contributed by atoms with E-state index in [-0.39, 0.29) is 16.4 Å². The van der Waals surface area contributed by atoms with Crippen LogP contribution in [0.3, 0.4) is 0 Å². The Morgan fingerprint density at radius 2 is 1.42 bits per heavy atom. The maximum atomic E-state index is 12.1. The summed E-state index contributed by atoms with van der Waals surface area (Å²) in [6.45, 7) is 1.36. The zero-order chi connectivity index (χ0) is 18.0. The second-order valence-corrected chi connectivity index (χ2v) is 6.18. The molecule has 0 fully saturated rings. The number of carbonyl (C=O) groups excluding carboxylic acids is 1. The molecule has 5 nitrogen and oxygen atoms in total. The Labute approximate surface area is 135 Å². The van der Waals surface area contributed by atoms with Gasteiger partial charge in [-0.2, -0.15) is 8.42 Å². The number of ketones is 1. The maximum Gasteiger partial charge on any atom is 0.573 e. The first-order valence-corrected chi connectivity index (χ1v) is 7.89. The molecule has 0 bridgehead atoms. The number of Topliss-reactive ketones (excluding diaryl/α,β-unsaturated/α-hetero) is 1. The number of carbonyl (C=O) groups is 1.